The van der Waals surface area contributed by atoms with Gasteiger partial charge in [0.15, 0.2) is 16.7 Å². The zero-order valence-electron chi connectivity index (χ0n) is 17.8. The maximum Gasteiger partial charge on any atom is 0.262 e. The molecule has 0 bridgehead atoms. The summed E-state index contributed by atoms with van der Waals surface area (Å²) < 4.78 is 12.4. The number of ether oxygens (including phenoxy) is 2. The summed E-state index contributed by atoms with van der Waals surface area (Å²) in [5.74, 6) is 1.73. The lowest BCUT2D eigenvalue weighted by Gasteiger charge is -2.13. The number of rotatable bonds is 8. The predicted octanol–water partition coefficient (Wildman–Crippen LogP) is 4.53. The van der Waals surface area contributed by atoms with Crippen molar-refractivity contribution in [1.29, 1.82) is 0 Å². The molecule has 2 aromatic heterocycles. The minimum Gasteiger partial charge on any atom is -0.454 e. The average Bonchev–Trinajstić information content (AvgIpc) is 3.37. The van der Waals surface area contributed by atoms with E-state index in [-0.39, 0.29) is 24.0 Å². The molecule has 31 heavy (non-hydrogen) atoms. The Kier molecular flexibility index (Phi) is 6.52. The highest BCUT2D eigenvalue weighted by atomic mass is 32.2. The van der Waals surface area contributed by atoms with Crippen LogP contribution in [0.3, 0.4) is 0 Å². The molecule has 4 rings (SSSR count). The van der Waals surface area contributed by atoms with Crippen LogP contribution >= 0.6 is 23.1 Å². The molecule has 0 atom stereocenters. The fraction of sp³-hybridized carbons (Fsp3) is 0.409. The molecule has 0 fully saturated rings. The number of anilines is 1. The lowest BCUT2D eigenvalue weighted by Crippen LogP contribution is -2.24. The zero-order valence-corrected chi connectivity index (χ0v) is 19.4. The number of benzene rings is 1. The van der Waals surface area contributed by atoms with Gasteiger partial charge in [-0.05, 0) is 37.0 Å². The molecule has 3 aromatic rings. The Hall–Kier alpha value is -2.52. The van der Waals surface area contributed by atoms with E-state index in [9.17, 15) is 9.59 Å². The lowest BCUT2D eigenvalue weighted by atomic mass is 10.1. The van der Waals surface area contributed by atoms with E-state index >= 15 is 0 Å². The van der Waals surface area contributed by atoms with Crippen molar-refractivity contribution in [3.8, 4) is 11.5 Å². The first-order chi connectivity index (χ1) is 14.9. The molecule has 1 aliphatic heterocycles. The van der Waals surface area contributed by atoms with Gasteiger partial charge < -0.3 is 14.8 Å². The number of aromatic nitrogens is 2. The van der Waals surface area contributed by atoms with E-state index in [0.29, 0.717) is 40.2 Å². The van der Waals surface area contributed by atoms with Crippen molar-refractivity contribution in [3.63, 3.8) is 0 Å². The van der Waals surface area contributed by atoms with Crippen LogP contribution in [0, 0.1) is 5.92 Å². The van der Waals surface area contributed by atoms with Gasteiger partial charge in [0.25, 0.3) is 5.56 Å². The minimum absolute atomic E-state index is 0.0275. The smallest absolute Gasteiger partial charge is 0.262 e. The summed E-state index contributed by atoms with van der Waals surface area (Å²) in [5, 5.41) is 4.12. The van der Waals surface area contributed by atoms with Gasteiger partial charge in [0.2, 0.25) is 12.7 Å². The van der Waals surface area contributed by atoms with Gasteiger partial charge >= 0.3 is 0 Å². The number of amides is 1. The second-order valence-electron chi connectivity index (χ2n) is 7.72. The van der Waals surface area contributed by atoms with Crippen LogP contribution in [-0.4, -0.2) is 28.0 Å². The molecule has 1 aromatic carbocycles. The number of hydrogen-bond donors (Lipinski definition) is 1. The maximum absolute atomic E-state index is 13.1. The third-order valence-electron chi connectivity index (χ3n) is 4.93. The summed E-state index contributed by atoms with van der Waals surface area (Å²) in [4.78, 5) is 32.3. The van der Waals surface area contributed by atoms with Crippen molar-refractivity contribution in [1.82, 2.24) is 9.55 Å². The maximum atomic E-state index is 13.1. The molecule has 1 amide bonds. The van der Waals surface area contributed by atoms with E-state index in [1.165, 1.54) is 11.8 Å². The Morgan fingerprint density at radius 3 is 2.87 bits per heavy atom. The monoisotopic (exact) mass is 459 g/mol. The molecule has 164 valence electrons. The van der Waals surface area contributed by atoms with Crippen molar-refractivity contribution in [2.45, 2.75) is 45.3 Å². The summed E-state index contributed by atoms with van der Waals surface area (Å²) in [6, 6.07) is 7.23. The molecule has 0 saturated heterocycles. The Morgan fingerprint density at radius 2 is 2.10 bits per heavy atom. The van der Waals surface area contributed by atoms with E-state index < -0.39 is 0 Å². The molecule has 1 aliphatic rings. The summed E-state index contributed by atoms with van der Waals surface area (Å²) in [5.41, 5.74) is 0.613. The summed E-state index contributed by atoms with van der Waals surface area (Å²) in [7, 11) is 0. The van der Waals surface area contributed by atoms with E-state index in [2.05, 4.69) is 26.1 Å². The predicted molar refractivity (Wildman–Crippen MR) is 125 cm³/mol. The van der Waals surface area contributed by atoms with E-state index in [0.717, 1.165) is 22.5 Å². The second-order valence-corrected chi connectivity index (χ2v) is 9.78. The average molecular weight is 460 g/mol. The van der Waals surface area contributed by atoms with Gasteiger partial charge in [-0.2, -0.15) is 0 Å². The van der Waals surface area contributed by atoms with Crippen molar-refractivity contribution in [3.05, 3.63) is 39.5 Å². The Labute approximate surface area is 188 Å². The Bertz CT molecular complexity index is 1170. The largest absolute Gasteiger partial charge is 0.454 e. The molecule has 0 saturated carbocycles. The van der Waals surface area contributed by atoms with Crippen LogP contribution in [0.25, 0.3) is 10.2 Å². The van der Waals surface area contributed by atoms with E-state index in [1.54, 1.807) is 34.1 Å². The molecule has 0 unspecified atom stereocenters. The Balaban J connectivity index is 1.52. The number of nitrogens with one attached hydrogen (secondary N) is 1. The number of aryl methyl sites for hydroxylation is 1. The van der Waals surface area contributed by atoms with Gasteiger partial charge in [0.1, 0.15) is 4.83 Å². The minimum atomic E-state index is -0.172. The number of thioether (sulfide) groups is 1. The van der Waals surface area contributed by atoms with Gasteiger partial charge in [0.05, 0.1) is 11.1 Å². The quantitative estimate of drug-likeness (QED) is 0.394. The first-order valence-corrected chi connectivity index (χ1v) is 12.1. The van der Waals surface area contributed by atoms with Crippen LogP contribution < -0.4 is 20.3 Å². The van der Waals surface area contributed by atoms with Crippen molar-refractivity contribution >= 4 is 44.9 Å². The van der Waals surface area contributed by atoms with Gasteiger partial charge in [-0.15, -0.1) is 11.3 Å². The Morgan fingerprint density at radius 1 is 1.29 bits per heavy atom. The van der Waals surface area contributed by atoms with Crippen LogP contribution in [0.5, 0.6) is 11.5 Å². The SMILES string of the molecule is CCc1cc2c(=O)n(CCC(C)C)c(SCC(=O)Nc3ccc4c(c3)OCO4)nc2s1. The first-order valence-electron chi connectivity index (χ1n) is 10.3. The van der Waals surface area contributed by atoms with E-state index in [4.69, 9.17) is 14.5 Å². The lowest BCUT2D eigenvalue weighted by molar-refractivity contribution is -0.113. The normalized spacial score (nSPS) is 12.6. The highest BCUT2D eigenvalue weighted by Gasteiger charge is 2.17. The standard InChI is InChI=1S/C22H25N3O4S2/c1-4-15-10-16-20(31-15)24-22(25(21(16)27)8-7-13(2)3)30-11-19(26)23-14-5-6-17-18(9-14)29-12-28-17/h5-6,9-10,13H,4,7-8,11-12H2,1-3H3,(H,23,26). The fourth-order valence-corrected chi connectivity index (χ4v) is 5.05. The summed E-state index contributed by atoms with van der Waals surface area (Å²) >= 11 is 2.83. The molecule has 0 radical (unpaired) electrons. The number of carbonyl (C=O) groups is 1. The molecule has 0 aliphatic carbocycles. The highest BCUT2D eigenvalue weighted by Crippen LogP contribution is 2.34. The van der Waals surface area contributed by atoms with Crippen LogP contribution in [-0.2, 0) is 17.8 Å². The molecule has 0 spiro atoms. The number of thiophene rings is 1. The van der Waals surface area contributed by atoms with Crippen molar-refractivity contribution in [2.24, 2.45) is 5.92 Å². The number of hydrogen-bond acceptors (Lipinski definition) is 7. The van der Waals surface area contributed by atoms with Crippen LogP contribution in [0.2, 0.25) is 0 Å². The fourth-order valence-electron chi connectivity index (χ4n) is 3.22. The number of carbonyl (C=O) groups excluding carboxylic acids is 1. The highest BCUT2D eigenvalue weighted by molar-refractivity contribution is 7.99. The molecular weight excluding hydrogens is 434 g/mol. The zero-order chi connectivity index (χ0) is 22.0. The molecular formula is C22H25N3O4S2. The van der Waals surface area contributed by atoms with Crippen LogP contribution in [0.4, 0.5) is 5.69 Å². The van der Waals surface area contributed by atoms with Gasteiger partial charge in [-0.1, -0.05) is 32.5 Å². The molecule has 9 heteroatoms. The van der Waals surface area contributed by atoms with Crippen LogP contribution in [0.1, 0.15) is 32.1 Å². The van der Waals surface area contributed by atoms with Gasteiger partial charge in [-0.3, -0.25) is 14.2 Å². The third kappa shape index (κ3) is 4.88. The topological polar surface area (TPSA) is 82.5 Å². The van der Waals surface area contributed by atoms with Crippen LogP contribution in [0.15, 0.2) is 34.2 Å². The number of nitrogens with zero attached hydrogens (tertiary/aromatic N) is 2. The second kappa shape index (κ2) is 9.32. The van der Waals surface area contributed by atoms with Gasteiger partial charge in [-0.25, -0.2) is 4.98 Å². The summed E-state index contributed by atoms with van der Waals surface area (Å²) in [6.07, 6.45) is 1.74. The third-order valence-corrected chi connectivity index (χ3v) is 7.08. The molecule has 3 heterocycles. The molecule has 1 N–H and O–H groups in total. The molecule has 7 nitrogen and oxygen atoms in total. The van der Waals surface area contributed by atoms with Gasteiger partial charge in [0, 0.05) is 23.2 Å². The van der Waals surface area contributed by atoms with Crippen molar-refractivity contribution < 1.29 is 14.3 Å². The number of fused-ring (bicyclic) bond motifs is 2. The van der Waals surface area contributed by atoms with E-state index in [1.807, 2.05) is 6.07 Å². The first kappa shape index (κ1) is 21.7. The summed E-state index contributed by atoms with van der Waals surface area (Å²) in [6.45, 7) is 7.10. The van der Waals surface area contributed by atoms with Crippen molar-refractivity contribution in [2.75, 3.05) is 17.9 Å².